The largest absolute Gasteiger partial charge is 0.218 e. The molecule has 0 aromatic heterocycles. The summed E-state index contributed by atoms with van der Waals surface area (Å²) in [5, 5.41) is 0. The van der Waals surface area contributed by atoms with E-state index in [0.717, 1.165) is 22.3 Å². The van der Waals surface area contributed by atoms with Gasteiger partial charge in [-0.3, -0.25) is 0 Å². The standard InChI is InChI=1S/C18H14O2S/c19-21(20)18-13-16(14-7-3-1-4-8-14)11-12-17(18)15-9-5-2-6-10-15/h1-12H,13H2. The Morgan fingerprint density at radius 2 is 1.29 bits per heavy atom. The van der Waals surface area contributed by atoms with Gasteiger partial charge in [0.2, 0.25) is 10.3 Å². The molecule has 0 saturated heterocycles. The van der Waals surface area contributed by atoms with Crippen LogP contribution in [0.25, 0.3) is 11.1 Å². The first kappa shape index (κ1) is 13.6. The number of benzene rings is 2. The van der Waals surface area contributed by atoms with Crippen LogP contribution >= 0.6 is 0 Å². The molecule has 0 atom stereocenters. The summed E-state index contributed by atoms with van der Waals surface area (Å²) < 4.78 is 23.2. The van der Waals surface area contributed by atoms with Gasteiger partial charge in [0.25, 0.3) is 0 Å². The van der Waals surface area contributed by atoms with Crippen molar-refractivity contribution >= 4 is 26.3 Å². The van der Waals surface area contributed by atoms with Gasteiger partial charge in [-0.2, -0.15) is 8.42 Å². The van der Waals surface area contributed by atoms with Crippen LogP contribution < -0.4 is 0 Å². The zero-order valence-electron chi connectivity index (χ0n) is 11.4. The molecule has 2 aromatic carbocycles. The molecule has 0 bridgehead atoms. The number of hydrogen-bond donors (Lipinski definition) is 0. The van der Waals surface area contributed by atoms with Crippen LogP contribution in [0.3, 0.4) is 0 Å². The third-order valence-electron chi connectivity index (χ3n) is 3.53. The second-order valence-corrected chi connectivity index (χ2v) is 5.80. The summed E-state index contributed by atoms with van der Waals surface area (Å²) in [6, 6.07) is 19.5. The Hall–Kier alpha value is -2.39. The number of rotatable bonds is 2. The molecule has 0 unspecified atom stereocenters. The van der Waals surface area contributed by atoms with Gasteiger partial charge in [-0.15, -0.1) is 0 Å². The predicted octanol–water partition coefficient (Wildman–Crippen LogP) is 3.61. The third kappa shape index (κ3) is 2.88. The molecule has 1 aliphatic rings. The van der Waals surface area contributed by atoms with Gasteiger partial charge in [-0.1, -0.05) is 72.8 Å². The smallest absolute Gasteiger partial charge is 0.184 e. The minimum Gasteiger partial charge on any atom is -0.184 e. The molecule has 2 aromatic rings. The maximum atomic E-state index is 11.6. The summed E-state index contributed by atoms with van der Waals surface area (Å²) in [4.78, 5) is 0.447. The van der Waals surface area contributed by atoms with Crippen molar-refractivity contribution in [3.63, 3.8) is 0 Å². The van der Waals surface area contributed by atoms with Gasteiger partial charge in [0.1, 0.15) is 0 Å². The van der Waals surface area contributed by atoms with Gasteiger partial charge < -0.3 is 0 Å². The summed E-state index contributed by atoms with van der Waals surface area (Å²) in [7, 11) is -2.22. The molecule has 104 valence electrons. The van der Waals surface area contributed by atoms with E-state index < -0.39 is 10.3 Å². The van der Waals surface area contributed by atoms with Crippen molar-refractivity contribution in [2.45, 2.75) is 6.42 Å². The Kier molecular flexibility index (Phi) is 3.84. The van der Waals surface area contributed by atoms with Crippen LogP contribution in [0.4, 0.5) is 0 Å². The lowest BCUT2D eigenvalue weighted by Crippen LogP contribution is -2.08. The summed E-state index contributed by atoms with van der Waals surface area (Å²) in [5.74, 6) is 0. The van der Waals surface area contributed by atoms with Crippen molar-refractivity contribution in [2.75, 3.05) is 0 Å². The predicted molar refractivity (Wildman–Crippen MR) is 87.4 cm³/mol. The quantitative estimate of drug-likeness (QED) is 0.793. The van der Waals surface area contributed by atoms with Crippen molar-refractivity contribution in [2.24, 2.45) is 0 Å². The monoisotopic (exact) mass is 294 g/mol. The minimum absolute atomic E-state index is 0.431. The molecule has 21 heavy (non-hydrogen) atoms. The molecular formula is C18H14O2S. The second-order valence-electron chi connectivity index (χ2n) is 4.84. The molecule has 3 heteroatoms. The van der Waals surface area contributed by atoms with Gasteiger partial charge in [0, 0.05) is 12.0 Å². The third-order valence-corrected chi connectivity index (χ3v) is 4.30. The fourth-order valence-corrected chi connectivity index (χ4v) is 3.12. The minimum atomic E-state index is -2.22. The summed E-state index contributed by atoms with van der Waals surface area (Å²) in [6.45, 7) is 0. The van der Waals surface area contributed by atoms with Gasteiger partial charge >= 0.3 is 0 Å². The Morgan fingerprint density at radius 3 is 1.86 bits per heavy atom. The maximum Gasteiger partial charge on any atom is 0.218 e. The molecule has 0 aliphatic heterocycles. The fraction of sp³-hybridized carbons (Fsp3) is 0.0556. The van der Waals surface area contributed by atoms with Crippen LogP contribution in [0.1, 0.15) is 17.5 Å². The van der Waals surface area contributed by atoms with E-state index in [4.69, 9.17) is 0 Å². The molecule has 2 nitrogen and oxygen atoms in total. The highest BCUT2D eigenvalue weighted by molar-refractivity contribution is 7.74. The van der Waals surface area contributed by atoms with E-state index in [-0.39, 0.29) is 0 Å². The van der Waals surface area contributed by atoms with Crippen LogP contribution in [-0.4, -0.2) is 13.3 Å². The first-order valence-electron chi connectivity index (χ1n) is 6.73. The van der Waals surface area contributed by atoms with E-state index >= 15 is 0 Å². The van der Waals surface area contributed by atoms with E-state index in [1.165, 1.54) is 0 Å². The highest BCUT2D eigenvalue weighted by atomic mass is 32.2. The van der Waals surface area contributed by atoms with Crippen molar-refractivity contribution in [3.8, 4) is 0 Å². The topological polar surface area (TPSA) is 34.1 Å². The molecule has 0 fully saturated rings. The molecule has 0 heterocycles. The number of hydrogen-bond acceptors (Lipinski definition) is 2. The normalized spacial score (nSPS) is 14.4. The highest BCUT2D eigenvalue weighted by Gasteiger charge is 2.17. The molecular weight excluding hydrogens is 280 g/mol. The van der Waals surface area contributed by atoms with E-state index in [9.17, 15) is 8.42 Å². The second kappa shape index (κ2) is 5.94. The molecule has 0 spiro atoms. The van der Waals surface area contributed by atoms with Gasteiger partial charge in [0.05, 0.1) is 4.86 Å². The molecule has 3 rings (SSSR count). The highest BCUT2D eigenvalue weighted by Crippen LogP contribution is 2.29. The Morgan fingerprint density at radius 1 is 0.714 bits per heavy atom. The Labute approximate surface area is 125 Å². The van der Waals surface area contributed by atoms with E-state index in [1.54, 1.807) is 0 Å². The van der Waals surface area contributed by atoms with E-state index in [0.29, 0.717) is 11.3 Å². The van der Waals surface area contributed by atoms with Crippen LogP contribution in [0, 0.1) is 0 Å². The first-order valence-corrected chi connectivity index (χ1v) is 7.80. The fourth-order valence-electron chi connectivity index (χ4n) is 2.48. The lowest BCUT2D eigenvalue weighted by Gasteiger charge is -2.16. The van der Waals surface area contributed by atoms with Crippen LogP contribution in [0.5, 0.6) is 0 Å². The van der Waals surface area contributed by atoms with Crippen LogP contribution in [0.2, 0.25) is 0 Å². The lowest BCUT2D eigenvalue weighted by atomic mass is 9.90. The zero-order chi connectivity index (χ0) is 14.7. The van der Waals surface area contributed by atoms with Gasteiger partial charge in [0.15, 0.2) is 0 Å². The van der Waals surface area contributed by atoms with Gasteiger partial charge in [-0.05, 0) is 16.7 Å². The average Bonchev–Trinajstić information content (AvgIpc) is 2.56. The number of allylic oxidation sites excluding steroid dienone is 4. The molecule has 0 amide bonds. The van der Waals surface area contributed by atoms with Crippen LogP contribution in [0.15, 0.2) is 72.8 Å². The molecule has 0 N–H and O–H groups in total. The van der Waals surface area contributed by atoms with Crippen molar-refractivity contribution in [1.29, 1.82) is 0 Å². The van der Waals surface area contributed by atoms with Crippen LogP contribution in [-0.2, 0) is 10.3 Å². The average molecular weight is 294 g/mol. The Balaban J connectivity index is 2.11. The van der Waals surface area contributed by atoms with Gasteiger partial charge in [-0.25, -0.2) is 0 Å². The molecule has 1 aliphatic carbocycles. The maximum absolute atomic E-state index is 11.6. The SMILES string of the molecule is O=S(=O)=C1CC(c2ccccc2)=CC=C1c1ccccc1. The first-order chi connectivity index (χ1) is 10.3. The lowest BCUT2D eigenvalue weighted by molar-refractivity contribution is 0.627. The summed E-state index contributed by atoms with van der Waals surface area (Å²) in [6.07, 6.45) is 4.33. The summed E-state index contributed by atoms with van der Waals surface area (Å²) >= 11 is 0. The molecule has 0 saturated carbocycles. The summed E-state index contributed by atoms with van der Waals surface area (Å²) in [5.41, 5.74) is 3.79. The van der Waals surface area contributed by atoms with E-state index in [2.05, 4.69) is 0 Å². The zero-order valence-corrected chi connectivity index (χ0v) is 12.2. The Bertz CT molecular complexity index is 835. The van der Waals surface area contributed by atoms with Crippen molar-refractivity contribution in [1.82, 2.24) is 0 Å². The van der Waals surface area contributed by atoms with Crippen molar-refractivity contribution < 1.29 is 8.42 Å². The van der Waals surface area contributed by atoms with Crippen molar-refractivity contribution in [3.05, 3.63) is 83.9 Å². The molecule has 0 radical (unpaired) electrons. The van der Waals surface area contributed by atoms with E-state index in [1.807, 2.05) is 72.8 Å².